The van der Waals surface area contributed by atoms with E-state index in [1.807, 2.05) is 19.9 Å². The van der Waals surface area contributed by atoms with Crippen molar-refractivity contribution in [1.82, 2.24) is 20.0 Å². The van der Waals surface area contributed by atoms with Crippen molar-refractivity contribution in [2.45, 2.75) is 33.5 Å². The first-order chi connectivity index (χ1) is 12.0. The predicted molar refractivity (Wildman–Crippen MR) is 88.1 cm³/mol. The third-order valence-corrected chi connectivity index (χ3v) is 4.15. The van der Waals surface area contributed by atoms with E-state index in [-0.39, 0.29) is 18.6 Å². The zero-order valence-corrected chi connectivity index (χ0v) is 14.9. The largest absolute Gasteiger partial charge is 0.380 e. The summed E-state index contributed by atoms with van der Waals surface area (Å²) in [6, 6.07) is 1.89. The first-order valence-corrected chi connectivity index (χ1v) is 8.16. The van der Waals surface area contributed by atoms with E-state index >= 15 is 0 Å². The highest BCUT2D eigenvalue weighted by Gasteiger charge is 2.30. The quantitative estimate of drug-likeness (QED) is 0.833. The zero-order chi connectivity index (χ0) is 18.0. The third kappa shape index (κ3) is 3.69. The molecule has 25 heavy (non-hydrogen) atoms. The van der Waals surface area contributed by atoms with Crippen molar-refractivity contribution < 1.29 is 18.8 Å². The molecule has 0 aromatic carbocycles. The lowest BCUT2D eigenvalue weighted by atomic mass is 10.1. The number of aryl methyl sites for hydroxylation is 3. The van der Waals surface area contributed by atoms with Crippen LogP contribution in [0.4, 0.5) is 0 Å². The van der Waals surface area contributed by atoms with Crippen molar-refractivity contribution in [2.24, 2.45) is 0 Å². The number of nitrogens with zero attached hydrogens (tertiary/aromatic N) is 4. The lowest BCUT2D eigenvalue weighted by Crippen LogP contribution is -2.43. The molecule has 2 aromatic rings. The van der Waals surface area contributed by atoms with Crippen molar-refractivity contribution in [3.63, 3.8) is 0 Å². The summed E-state index contributed by atoms with van der Waals surface area (Å²) in [5, 5.41) is 3.92. The average Bonchev–Trinajstić information content (AvgIpc) is 2.95. The number of aromatic nitrogens is 3. The van der Waals surface area contributed by atoms with Crippen molar-refractivity contribution >= 4 is 5.91 Å². The minimum atomic E-state index is -0.281. The molecule has 1 fully saturated rings. The molecule has 8 nitrogen and oxygen atoms in total. The Hall–Kier alpha value is -2.32. The van der Waals surface area contributed by atoms with Crippen LogP contribution in [-0.4, -0.2) is 52.7 Å². The Kier molecular flexibility index (Phi) is 5.10. The van der Waals surface area contributed by atoms with Gasteiger partial charge in [0.2, 0.25) is 0 Å². The van der Waals surface area contributed by atoms with E-state index in [1.165, 1.54) is 0 Å². The standard InChI is InChI=1S/C17H22N4O4/c1-10-7-14(19-12(3)18-10)15-8-21(5-6-24-15)17(22)16-13(9-23-4)11(2)25-20-16/h7,15H,5-6,8-9H2,1-4H3/t15-/m1/s1. The SMILES string of the molecule is COCc1c(C(=O)N2CCO[C@@H](c3cc(C)nc(C)n3)C2)noc1C. The summed E-state index contributed by atoms with van der Waals surface area (Å²) in [6.45, 7) is 7.16. The Balaban J connectivity index is 1.80. The Morgan fingerprint density at radius 3 is 2.88 bits per heavy atom. The van der Waals surface area contributed by atoms with Crippen molar-refractivity contribution in [2.75, 3.05) is 26.8 Å². The average molecular weight is 346 g/mol. The molecule has 0 aliphatic carbocycles. The molecule has 8 heteroatoms. The number of carbonyl (C=O) groups is 1. The summed E-state index contributed by atoms with van der Waals surface area (Å²) >= 11 is 0. The van der Waals surface area contributed by atoms with Crippen LogP contribution in [0.15, 0.2) is 10.6 Å². The fourth-order valence-electron chi connectivity index (χ4n) is 2.95. The van der Waals surface area contributed by atoms with Gasteiger partial charge in [0.05, 0.1) is 31.0 Å². The molecule has 0 saturated carbocycles. The number of hydrogen-bond donors (Lipinski definition) is 0. The second-order valence-electron chi connectivity index (χ2n) is 6.09. The summed E-state index contributed by atoms with van der Waals surface area (Å²) in [4.78, 5) is 23.3. The molecule has 0 radical (unpaired) electrons. The number of morpholine rings is 1. The number of methoxy groups -OCH3 is 1. The molecule has 3 heterocycles. The predicted octanol–water partition coefficient (Wildman–Crippen LogP) is 1.75. The first-order valence-electron chi connectivity index (χ1n) is 8.16. The van der Waals surface area contributed by atoms with Crippen LogP contribution in [0.1, 0.15) is 45.1 Å². The van der Waals surface area contributed by atoms with Gasteiger partial charge in [-0.3, -0.25) is 4.79 Å². The van der Waals surface area contributed by atoms with E-state index in [2.05, 4.69) is 15.1 Å². The van der Waals surface area contributed by atoms with E-state index in [1.54, 1.807) is 18.9 Å². The monoisotopic (exact) mass is 346 g/mol. The highest BCUT2D eigenvalue weighted by atomic mass is 16.5. The second kappa shape index (κ2) is 7.28. The van der Waals surface area contributed by atoms with Gasteiger partial charge in [0.1, 0.15) is 17.7 Å². The van der Waals surface area contributed by atoms with Crippen LogP contribution in [0.3, 0.4) is 0 Å². The molecule has 1 saturated heterocycles. The van der Waals surface area contributed by atoms with Crippen LogP contribution in [0, 0.1) is 20.8 Å². The summed E-state index contributed by atoms with van der Waals surface area (Å²) in [5.74, 6) is 1.10. The van der Waals surface area contributed by atoms with Gasteiger partial charge in [0.15, 0.2) is 5.69 Å². The van der Waals surface area contributed by atoms with E-state index < -0.39 is 0 Å². The first kappa shape index (κ1) is 17.5. The van der Waals surface area contributed by atoms with Gasteiger partial charge in [0, 0.05) is 19.3 Å². The van der Waals surface area contributed by atoms with Gasteiger partial charge >= 0.3 is 0 Å². The van der Waals surface area contributed by atoms with E-state index in [9.17, 15) is 4.79 Å². The lowest BCUT2D eigenvalue weighted by molar-refractivity contribution is -0.0252. The fourth-order valence-corrected chi connectivity index (χ4v) is 2.95. The summed E-state index contributed by atoms with van der Waals surface area (Å²) < 4.78 is 16.1. The number of rotatable bonds is 4. The highest BCUT2D eigenvalue weighted by Crippen LogP contribution is 2.24. The van der Waals surface area contributed by atoms with Gasteiger partial charge in [-0.1, -0.05) is 5.16 Å². The molecule has 3 rings (SSSR count). The highest BCUT2D eigenvalue weighted by molar-refractivity contribution is 5.93. The van der Waals surface area contributed by atoms with Crippen LogP contribution in [0.2, 0.25) is 0 Å². The molecular weight excluding hydrogens is 324 g/mol. The van der Waals surface area contributed by atoms with Gasteiger partial charge in [-0.15, -0.1) is 0 Å². The molecule has 0 bridgehead atoms. The Morgan fingerprint density at radius 1 is 1.36 bits per heavy atom. The Bertz CT molecular complexity index is 754. The maximum atomic E-state index is 12.9. The summed E-state index contributed by atoms with van der Waals surface area (Å²) in [7, 11) is 1.57. The van der Waals surface area contributed by atoms with Crippen LogP contribution in [0.5, 0.6) is 0 Å². The van der Waals surface area contributed by atoms with Crippen LogP contribution in [-0.2, 0) is 16.1 Å². The Morgan fingerprint density at radius 2 is 2.16 bits per heavy atom. The molecule has 1 aliphatic heterocycles. The van der Waals surface area contributed by atoms with E-state index in [0.29, 0.717) is 42.5 Å². The zero-order valence-electron chi connectivity index (χ0n) is 14.9. The maximum absolute atomic E-state index is 12.9. The van der Waals surface area contributed by atoms with Crippen molar-refractivity contribution in [3.8, 4) is 0 Å². The minimum Gasteiger partial charge on any atom is -0.380 e. The number of carbonyl (C=O) groups excluding carboxylic acids is 1. The molecule has 0 N–H and O–H groups in total. The van der Waals surface area contributed by atoms with Gasteiger partial charge in [-0.2, -0.15) is 0 Å². The fraction of sp³-hybridized carbons (Fsp3) is 0.529. The lowest BCUT2D eigenvalue weighted by Gasteiger charge is -2.32. The molecule has 0 spiro atoms. The molecule has 2 aromatic heterocycles. The second-order valence-corrected chi connectivity index (χ2v) is 6.09. The number of hydrogen-bond acceptors (Lipinski definition) is 7. The van der Waals surface area contributed by atoms with Gasteiger partial charge in [-0.25, -0.2) is 9.97 Å². The number of ether oxygens (including phenoxy) is 2. The van der Waals surface area contributed by atoms with Crippen molar-refractivity contribution in [1.29, 1.82) is 0 Å². The summed E-state index contributed by atoms with van der Waals surface area (Å²) in [6.07, 6.45) is -0.281. The van der Waals surface area contributed by atoms with Crippen molar-refractivity contribution in [3.05, 3.63) is 40.3 Å². The maximum Gasteiger partial charge on any atom is 0.276 e. The van der Waals surface area contributed by atoms with E-state index in [0.717, 1.165) is 11.4 Å². The third-order valence-electron chi connectivity index (χ3n) is 4.15. The molecule has 1 atom stereocenters. The molecule has 134 valence electrons. The van der Waals surface area contributed by atoms with E-state index in [4.69, 9.17) is 14.0 Å². The smallest absolute Gasteiger partial charge is 0.276 e. The Labute approximate surface area is 146 Å². The molecule has 1 aliphatic rings. The number of amides is 1. The topological polar surface area (TPSA) is 90.6 Å². The van der Waals surface area contributed by atoms with Crippen LogP contribution in [0.25, 0.3) is 0 Å². The van der Waals surface area contributed by atoms with Crippen LogP contribution < -0.4 is 0 Å². The van der Waals surface area contributed by atoms with Gasteiger partial charge < -0.3 is 18.9 Å². The van der Waals surface area contributed by atoms with Crippen LogP contribution >= 0.6 is 0 Å². The normalized spacial score (nSPS) is 17.8. The summed E-state index contributed by atoms with van der Waals surface area (Å²) in [5.41, 5.74) is 2.65. The minimum absolute atomic E-state index is 0.181. The molecule has 0 unspecified atom stereocenters. The molecular formula is C17H22N4O4. The van der Waals surface area contributed by atoms with Gasteiger partial charge in [0.25, 0.3) is 5.91 Å². The van der Waals surface area contributed by atoms with Gasteiger partial charge in [-0.05, 0) is 26.8 Å². The molecule has 1 amide bonds.